The van der Waals surface area contributed by atoms with Crippen molar-refractivity contribution in [2.45, 2.75) is 154 Å². The zero-order valence-corrected chi connectivity index (χ0v) is 23.9. The highest BCUT2D eigenvalue weighted by Gasteiger charge is 2.38. The van der Waals surface area contributed by atoms with E-state index in [0.29, 0.717) is 0 Å². The summed E-state index contributed by atoms with van der Waals surface area (Å²) in [6, 6.07) is 0. The van der Waals surface area contributed by atoms with Gasteiger partial charge in [0, 0.05) is 28.7 Å². The fourth-order valence-electron chi connectivity index (χ4n) is 7.85. The highest BCUT2D eigenvalue weighted by Crippen LogP contribution is 2.50. The molecule has 2 heterocycles. The second-order valence-corrected chi connectivity index (χ2v) is 14.1. The summed E-state index contributed by atoms with van der Waals surface area (Å²) in [6.45, 7) is 14.8. The quantitative estimate of drug-likeness (QED) is 0.376. The van der Waals surface area contributed by atoms with Crippen molar-refractivity contribution in [3.05, 3.63) is 56.2 Å². The van der Waals surface area contributed by atoms with Crippen molar-refractivity contribution in [2.75, 3.05) is 0 Å². The molecule has 0 bridgehead atoms. The monoisotopic (exact) mass is 484 g/mol. The highest BCUT2D eigenvalue weighted by atomic mass is 14.8. The van der Waals surface area contributed by atoms with Crippen LogP contribution >= 0.6 is 0 Å². The van der Waals surface area contributed by atoms with Crippen molar-refractivity contribution < 1.29 is 0 Å². The molecule has 2 aromatic rings. The Hall–Kier alpha value is -1.70. The Labute approximate surface area is 220 Å². The summed E-state index contributed by atoms with van der Waals surface area (Å²) in [5.74, 6) is 1.52. The van der Waals surface area contributed by atoms with Gasteiger partial charge in [0.25, 0.3) is 0 Å². The molecule has 0 aliphatic heterocycles. The second kappa shape index (κ2) is 8.95. The summed E-state index contributed by atoms with van der Waals surface area (Å²) in [7, 11) is 0. The van der Waals surface area contributed by atoms with Crippen LogP contribution < -0.4 is 0 Å². The van der Waals surface area contributed by atoms with Crippen LogP contribution in [0.15, 0.2) is 0 Å². The molecule has 36 heavy (non-hydrogen) atoms. The zero-order valence-electron chi connectivity index (χ0n) is 23.9. The molecule has 0 saturated heterocycles. The van der Waals surface area contributed by atoms with Crippen LogP contribution in [0.25, 0.3) is 0 Å². The SMILES string of the molecule is CCc1c(C2CC2)nc2c(c1C(C)(C)CCCc1nc3c(c(C(C)(C)C)c1C1CC1)CCC3)CCC2. The minimum atomic E-state index is 0.204. The first-order valence-electron chi connectivity index (χ1n) is 15.3. The predicted octanol–water partition coefficient (Wildman–Crippen LogP) is 8.37. The highest BCUT2D eigenvalue weighted by molar-refractivity contribution is 5.51. The smallest absolute Gasteiger partial charge is 0.0472 e. The lowest BCUT2D eigenvalue weighted by atomic mass is 9.73. The molecule has 6 rings (SSSR count). The Morgan fingerprint density at radius 2 is 1.36 bits per heavy atom. The van der Waals surface area contributed by atoms with Gasteiger partial charge in [-0.3, -0.25) is 9.97 Å². The lowest BCUT2D eigenvalue weighted by Gasteiger charge is -2.32. The summed E-state index contributed by atoms with van der Waals surface area (Å²) in [5, 5.41) is 0. The van der Waals surface area contributed by atoms with Crippen molar-refractivity contribution in [1.29, 1.82) is 0 Å². The number of fused-ring (bicyclic) bond motifs is 2. The minimum absolute atomic E-state index is 0.204. The van der Waals surface area contributed by atoms with Gasteiger partial charge < -0.3 is 0 Å². The van der Waals surface area contributed by atoms with Crippen molar-refractivity contribution in [3.8, 4) is 0 Å². The first-order chi connectivity index (χ1) is 17.2. The zero-order chi connectivity index (χ0) is 25.2. The largest absolute Gasteiger partial charge is 0.257 e. The standard InChI is InChI=1S/C34H48N2/c1-7-23-30(24-11-8-14-27(24)36-32(23)22-18-19-22)34(5,6)20-10-15-28-29(21-16-17-21)31(33(2,3)4)25-12-9-13-26(25)35-28/h21-22H,7-20H2,1-6H3. The van der Waals surface area contributed by atoms with Gasteiger partial charge in [-0.25, -0.2) is 0 Å². The topological polar surface area (TPSA) is 25.8 Å². The van der Waals surface area contributed by atoms with E-state index in [0.717, 1.165) is 24.7 Å². The fourth-order valence-corrected chi connectivity index (χ4v) is 7.85. The summed E-state index contributed by atoms with van der Waals surface area (Å²) in [5.41, 5.74) is 16.2. The third-order valence-corrected chi connectivity index (χ3v) is 9.64. The van der Waals surface area contributed by atoms with Gasteiger partial charge in [-0.15, -0.1) is 0 Å². The van der Waals surface area contributed by atoms with Gasteiger partial charge in [0.2, 0.25) is 0 Å². The van der Waals surface area contributed by atoms with Crippen LogP contribution in [0, 0.1) is 0 Å². The first-order valence-corrected chi connectivity index (χ1v) is 15.3. The molecule has 2 aromatic heterocycles. The summed E-state index contributed by atoms with van der Waals surface area (Å²) in [6.07, 6.45) is 17.7. The van der Waals surface area contributed by atoms with E-state index in [2.05, 4.69) is 41.5 Å². The number of aromatic nitrogens is 2. The van der Waals surface area contributed by atoms with Crippen molar-refractivity contribution in [2.24, 2.45) is 0 Å². The lowest BCUT2D eigenvalue weighted by molar-refractivity contribution is 0.450. The number of rotatable bonds is 8. The Kier molecular flexibility index (Phi) is 6.12. The summed E-state index contributed by atoms with van der Waals surface area (Å²) in [4.78, 5) is 10.7. The molecule has 2 saturated carbocycles. The Morgan fingerprint density at radius 3 is 1.94 bits per heavy atom. The molecule has 0 spiro atoms. The van der Waals surface area contributed by atoms with Gasteiger partial charge in [0.1, 0.15) is 0 Å². The normalized spacial score (nSPS) is 19.6. The van der Waals surface area contributed by atoms with Crippen molar-refractivity contribution >= 4 is 0 Å². The molecule has 0 aromatic carbocycles. The molecule has 0 N–H and O–H groups in total. The molecule has 2 heteroatoms. The molecule has 0 radical (unpaired) electrons. The molecule has 2 nitrogen and oxygen atoms in total. The Bertz CT molecular complexity index is 1170. The summed E-state index contributed by atoms with van der Waals surface area (Å²) >= 11 is 0. The predicted molar refractivity (Wildman–Crippen MR) is 151 cm³/mol. The maximum atomic E-state index is 5.41. The van der Waals surface area contributed by atoms with Crippen LogP contribution in [0.2, 0.25) is 0 Å². The molecular formula is C34H48N2. The third-order valence-electron chi connectivity index (χ3n) is 9.64. The van der Waals surface area contributed by atoms with Gasteiger partial charge in [0.15, 0.2) is 0 Å². The molecule has 0 atom stereocenters. The van der Waals surface area contributed by atoms with E-state index in [4.69, 9.17) is 9.97 Å². The van der Waals surface area contributed by atoms with Gasteiger partial charge in [-0.1, -0.05) is 41.5 Å². The van der Waals surface area contributed by atoms with Gasteiger partial charge in [0.05, 0.1) is 0 Å². The van der Waals surface area contributed by atoms with Crippen molar-refractivity contribution in [1.82, 2.24) is 9.97 Å². The van der Waals surface area contributed by atoms with E-state index in [1.807, 2.05) is 0 Å². The maximum Gasteiger partial charge on any atom is 0.0472 e. The van der Waals surface area contributed by atoms with Crippen molar-refractivity contribution in [3.63, 3.8) is 0 Å². The molecular weight excluding hydrogens is 436 g/mol. The molecule has 0 amide bonds. The van der Waals surface area contributed by atoms with Gasteiger partial charge >= 0.3 is 0 Å². The van der Waals surface area contributed by atoms with Crippen LogP contribution in [0.1, 0.15) is 161 Å². The number of nitrogens with zero attached hydrogens (tertiary/aromatic N) is 2. The average Bonchev–Trinajstić information content (AvgIpc) is 3.75. The van der Waals surface area contributed by atoms with Crippen LogP contribution in [0.4, 0.5) is 0 Å². The van der Waals surface area contributed by atoms with E-state index in [1.165, 1.54) is 99.8 Å². The van der Waals surface area contributed by atoms with E-state index >= 15 is 0 Å². The van der Waals surface area contributed by atoms with Crippen LogP contribution in [-0.4, -0.2) is 9.97 Å². The Morgan fingerprint density at radius 1 is 0.750 bits per heavy atom. The molecule has 0 unspecified atom stereocenters. The molecule has 4 aliphatic rings. The molecule has 194 valence electrons. The van der Waals surface area contributed by atoms with E-state index in [9.17, 15) is 0 Å². The summed E-state index contributed by atoms with van der Waals surface area (Å²) < 4.78 is 0. The minimum Gasteiger partial charge on any atom is -0.257 e. The Balaban J connectivity index is 1.31. The number of hydrogen-bond acceptors (Lipinski definition) is 2. The maximum absolute atomic E-state index is 5.41. The van der Waals surface area contributed by atoms with Crippen LogP contribution in [0.3, 0.4) is 0 Å². The van der Waals surface area contributed by atoms with E-state index in [-0.39, 0.29) is 10.8 Å². The van der Waals surface area contributed by atoms with E-state index in [1.54, 1.807) is 33.4 Å². The number of aryl methyl sites for hydroxylation is 3. The molecule has 4 aliphatic carbocycles. The van der Waals surface area contributed by atoms with Gasteiger partial charge in [-0.05, 0) is 140 Å². The average molecular weight is 485 g/mol. The third kappa shape index (κ3) is 4.35. The second-order valence-electron chi connectivity index (χ2n) is 14.1. The van der Waals surface area contributed by atoms with Gasteiger partial charge in [-0.2, -0.15) is 0 Å². The first kappa shape index (κ1) is 24.6. The fraction of sp³-hybridized carbons (Fsp3) is 0.706. The van der Waals surface area contributed by atoms with Crippen LogP contribution in [-0.2, 0) is 49.4 Å². The lowest BCUT2D eigenvalue weighted by Crippen LogP contribution is -2.24. The number of hydrogen-bond donors (Lipinski definition) is 0. The van der Waals surface area contributed by atoms with E-state index < -0.39 is 0 Å². The molecule has 2 fully saturated rings. The number of pyridine rings is 2. The van der Waals surface area contributed by atoms with Crippen LogP contribution in [0.5, 0.6) is 0 Å².